The molecule has 0 aliphatic heterocycles. The molecule has 0 spiro atoms. The molecule has 0 fully saturated rings. The molecule has 112 valence electrons. The molecule has 9 nitrogen and oxygen atoms in total. The SMILES string of the molecule is COCCn1c(=O)[nH]c(=O)c2c(C(=O)OC)cc(=O)[nH]c21. The number of aromatic amines is 2. The highest BCUT2D eigenvalue weighted by Gasteiger charge is 2.18. The van der Waals surface area contributed by atoms with Crippen LogP contribution in [0.4, 0.5) is 0 Å². The van der Waals surface area contributed by atoms with Crippen LogP contribution in [0.15, 0.2) is 20.4 Å². The van der Waals surface area contributed by atoms with Crippen molar-refractivity contribution in [2.24, 2.45) is 0 Å². The van der Waals surface area contributed by atoms with Crippen molar-refractivity contribution < 1.29 is 14.3 Å². The molecule has 0 radical (unpaired) electrons. The molecule has 2 N–H and O–H groups in total. The van der Waals surface area contributed by atoms with Gasteiger partial charge in [0, 0.05) is 13.2 Å². The van der Waals surface area contributed by atoms with Gasteiger partial charge in [-0.05, 0) is 0 Å². The Hall–Kier alpha value is -2.68. The summed E-state index contributed by atoms with van der Waals surface area (Å²) < 4.78 is 10.5. The number of fused-ring (bicyclic) bond motifs is 1. The van der Waals surface area contributed by atoms with Gasteiger partial charge in [-0.2, -0.15) is 0 Å². The minimum atomic E-state index is -0.839. The molecule has 21 heavy (non-hydrogen) atoms. The second-order valence-corrected chi connectivity index (χ2v) is 4.17. The van der Waals surface area contributed by atoms with Crippen molar-refractivity contribution in [2.75, 3.05) is 20.8 Å². The standard InChI is InChI=1S/C12H13N3O6/c1-20-4-3-15-9-8(10(17)14-12(15)19)6(11(18)21-2)5-7(16)13-9/h5H,3-4H2,1-2H3,(H,13,16)(H,14,17,19). The Labute approximate surface area is 117 Å². The average Bonchev–Trinajstić information content (AvgIpc) is 2.45. The van der Waals surface area contributed by atoms with Gasteiger partial charge < -0.3 is 14.5 Å². The zero-order chi connectivity index (χ0) is 15.6. The van der Waals surface area contributed by atoms with Crippen LogP contribution in [0.3, 0.4) is 0 Å². The van der Waals surface area contributed by atoms with Crippen LogP contribution in [-0.4, -0.2) is 41.3 Å². The molecule has 0 amide bonds. The summed E-state index contributed by atoms with van der Waals surface area (Å²) >= 11 is 0. The Morgan fingerprint density at radius 1 is 1.24 bits per heavy atom. The second kappa shape index (κ2) is 5.75. The Morgan fingerprint density at radius 3 is 2.57 bits per heavy atom. The number of carbonyl (C=O) groups excluding carboxylic acids is 1. The van der Waals surface area contributed by atoms with Crippen LogP contribution in [0.25, 0.3) is 11.0 Å². The number of nitrogens with zero attached hydrogens (tertiary/aromatic N) is 1. The van der Waals surface area contributed by atoms with Gasteiger partial charge in [-0.1, -0.05) is 0 Å². The van der Waals surface area contributed by atoms with E-state index < -0.39 is 22.8 Å². The molecule has 2 heterocycles. The number of rotatable bonds is 4. The summed E-state index contributed by atoms with van der Waals surface area (Å²) in [5, 5.41) is -0.114. The van der Waals surface area contributed by atoms with E-state index in [1.54, 1.807) is 0 Å². The molecular weight excluding hydrogens is 282 g/mol. The third-order valence-electron chi connectivity index (χ3n) is 2.91. The van der Waals surface area contributed by atoms with E-state index in [9.17, 15) is 19.2 Å². The summed E-state index contributed by atoms with van der Waals surface area (Å²) in [7, 11) is 2.58. The van der Waals surface area contributed by atoms with Crippen LogP contribution < -0.4 is 16.8 Å². The summed E-state index contributed by atoms with van der Waals surface area (Å²) in [6.45, 7) is 0.286. The first-order valence-corrected chi connectivity index (χ1v) is 5.97. The van der Waals surface area contributed by atoms with Crippen LogP contribution in [0.2, 0.25) is 0 Å². The molecule has 2 aromatic heterocycles. The number of H-pyrrole nitrogens is 2. The topological polar surface area (TPSA) is 123 Å². The van der Waals surface area contributed by atoms with E-state index in [0.29, 0.717) is 0 Å². The zero-order valence-electron chi connectivity index (χ0n) is 11.4. The zero-order valence-corrected chi connectivity index (χ0v) is 11.4. The molecule has 0 saturated carbocycles. The summed E-state index contributed by atoms with van der Waals surface area (Å²) in [4.78, 5) is 51.6. The van der Waals surface area contributed by atoms with E-state index in [0.717, 1.165) is 17.7 Å². The highest BCUT2D eigenvalue weighted by molar-refractivity contribution is 6.01. The maximum Gasteiger partial charge on any atom is 0.339 e. The predicted octanol–water partition coefficient (Wildman–Crippen LogP) is -1.19. The number of hydrogen-bond donors (Lipinski definition) is 2. The van der Waals surface area contributed by atoms with Gasteiger partial charge in [0.2, 0.25) is 5.56 Å². The van der Waals surface area contributed by atoms with E-state index >= 15 is 0 Å². The fraction of sp³-hybridized carbons (Fsp3) is 0.333. The van der Waals surface area contributed by atoms with Crippen molar-refractivity contribution >= 4 is 17.0 Å². The summed E-state index contributed by atoms with van der Waals surface area (Å²) in [5.41, 5.74) is -2.36. The van der Waals surface area contributed by atoms with Gasteiger partial charge in [-0.15, -0.1) is 0 Å². The second-order valence-electron chi connectivity index (χ2n) is 4.17. The van der Waals surface area contributed by atoms with Crippen molar-refractivity contribution in [2.45, 2.75) is 6.54 Å². The third-order valence-corrected chi connectivity index (χ3v) is 2.91. The van der Waals surface area contributed by atoms with Crippen LogP contribution in [0, 0.1) is 0 Å². The third kappa shape index (κ3) is 2.63. The first kappa shape index (κ1) is 14.7. The largest absolute Gasteiger partial charge is 0.465 e. The van der Waals surface area contributed by atoms with Gasteiger partial charge in [0.05, 0.1) is 31.2 Å². The van der Waals surface area contributed by atoms with Crippen LogP contribution in [0.1, 0.15) is 10.4 Å². The molecular formula is C12H13N3O6. The van der Waals surface area contributed by atoms with Crippen LogP contribution in [0.5, 0.6) is 0 Å². The number of methoxy groups -OCH3 is 2. The highest BCUT2D eigenvalue weighted by Crippen LogP contribution is 2.10. The van der Waals surface area contributed by atoms with Gasteiger partial charge in [0.1, 0.15) is 5.65 Å². The fourth-order valence-corrected chi connectivity index (χ4v) is 1.97. The van der Waals surface area contributed by atoms with E-state index in [1.807, 2.05) is 0 Å². The molecule has 0 aromatic carbocycles. The first-order valence-electron chi connectivity index (χ1n) is 5.97. The Balaban J connectivity index is 2.92. The minimum absolute atomic E-state index is 0.0475. The first-order chi connectivity index (χ1) is 9.99. The number of pyridine rings is 1. The van der Waals surface area contributed by atoms with Crippen molar-refractivity contribution in [1.82, 2.24) is 14.5 Å². The van der Waals surface area contributed by atoms with Crippen LogP contribution >= 0.6 is 0 Å². The number of hydrogen-bond acceptors (Lipinski definition) is 6. The van der Waals surface area contributed by atoms with E-state index in [-0.39, 0.29) is 29.7 Å². The lowest BCUT2D eigenvalue weighted by Crippen LogP contribution is -2.34. The normalized spacial score (nSPS) is 10.8. The quantitative estimate of drug-likeness (QED) is 0.684. The molecule has 9 heteroatoms. The van der Waals surface area contributed by atoms with Crippen molar-refractivity contribution in [3.8, 4) is 0 Å². The lowest BCUT2D eigenvalue weighted by molar-refractivity contribution is 0.0602. The molecule has 0 unspecified atom stereocenters. The highest BCUT2D eigenvalue weighted by atomic mass is 16.5. The smallest absolute Gasteiger partial charge is 0.339 e. The maximum absolute atomic E-state index is 11.9. The monoisotopic (exact) mass is 295 g/mol. The molecule has 0 bridgehead atoms. The minimum Gasteiger partial charge on any atom is -0.465 e. The molecule has 0 aliphatic carbocycles. The fourth-order valence-electron chi connectivity index (χ4n) is 1.97. The number of aromatic nitrogens is 3. The molecule has 2 aromatic rings. The number of carbonyl (C=O) groups is 1. The molecule has 0 aliphatic rings. The lowest BCUT2D eigenvalue weighted by atomic mass is 10.2. The molecule has 0 atom stereocenters. The number of esters is 1. The van der Waals surface area contributed by atoms with Crippen molar-refractivity contribution in [3.05, 3.63) is 42.8 Å². The summed E-state index contributed by atoms with van der Waals surface area (Å²) in [5.74, 6) is -0.839. The molecule has 2 rings (SSSR count). The van der Waals surface area contributed by atoms with Gasteiger partial charge in [0.15, 0.2) is 0 Å². The lowest BCUT2D eigenvalue weighted by Gasteiger charge is -2.10. The van der Waals surface area contributed by atoms with Gasteiger partial charge in [-0.3, -0.25) is 19.1 Å². The number of ether oxygens (including phenoxy) is 2. The van der Waals surface area contributed by atoms with Crippen molar-refractivity contribution in [3.63, 3.8) is 0 Å². The molecule has 0 saturated heterocycles. The number of nitrogens with one attached hydrogen (secondary N) is 2. The Kier molecular flexibility index (Phi) is 4.03. The Bertz CT molecular complexity index is 860. The van der Waals surface area contributed by atoms with Crippen LogP contribution in [-0.2, 0) is 16.0 Å². The van der Waals surface area contributed by atoms with Crippen molar-refractivity contribution in [1.29, 1.82) is 0 Å². The summed E-state index contributed by atoms with van der Waals surface area (Å²) in [6.07, 6.45) is 0. The van der Waals surface area contributed by atoms with E-state index in [1.165, 1.54) is 7.11 Å². The van der Waals surface area contributed by atoms with E-state index in [4.69, 9.17) is 4.74 Å². The summed E-state index contributed by atoms with van der Waals surface area (Å²) in [6, 6.07) is 0.953. The van der Waals surface area contributed by atoms with Gasteiger partial charge in [0.25, 0.3) is 5.56 Å². The van der Waals surface area contributed by atoms with Gasteiger partial charge >= 0.3 is 11.7 Å². The maximum atomic E-state index is 11.9. The average molecular weight is 295 g/mol. The van der Waals surface area contributed by atoms with E-state index in [2.05, 4.69) is 14.7 Å². The van der Waals surface area contributed by atoms with Gasteiger partial charge in [-0.25, -0.2) is 9.59 Å². The Morgan fingerprint density at radius 2 is 1.95 bits per heavy atom. The predicted molar refractivity (Wildman–Crippen MR) is 72.7 cm³/mol.